The molecular formula is C17H25FN2O. The maximum absolute atomic E-state index is 14.1. The fraction of sp³-hybridized carbons (Fsp3) is 0.588. The monoisotopic (exact) mass is 292 g/mol. The average molecular weight is 292 g/mol. The number of benzene rings is 1. The molecule has 2 rings (SSSR count). The number of halogens is 1. The molecule has 3 nitrogen and oxygen atoms in total. The molecule has 0 saturated heterocycles. The van der Waals surface area contributed by atoms with Crippen LogP contribution in [0.4, 0.5) is 4.39 Å². The zero-order valence-corrected chi connectivity index (χ0v) is 13.2. The molecule has 0 aliphatic heterocycles. The Morgan fingerprint density at radius 3 is 2.62 bits per heavy atom. The lowest BCUT2D eigenvalue weighted by molar-refractivity contribution is 0.0680. The van der Waals surface area contributed by atoms with E-state index in [4.69, 9.17) is 0 Å². The van der Waals surface area contributed by atoms with Gasteiger partial charge in [0.2, 0.25) is 0 Å². The maximum Gasteiger partial charge on any atom is 0.256 e. The first-order valence-corrected chi connectivity index (χ1v) is 7.80. The van der Waals surface area contributed by atoms with Crippen molar-refractivity contribution in [2.24, 2.45) is 0 Å². The first-order valence-electron chi connectivity index (χ1n) is 7.80. The number of hydrogen-bond acceptors (Lipinski definition) is 2. The molecule has 4 heteroatoms. The fourth-order valence-corrected chi connectivity index (χ4v) is 3.12. The molecule has 1 N–H and O–H groups in total. The van der Waals surface area contributed by atoms with Crippen molar-refractivity contribution in [3.8, 4) is 0 Å². The number of hydrogen-bond donors (Lipinski definition) is 1. The van der Waals surface area contributed by atoms with E-state index < -0.39 is 5.82 Å². The van der Waals surface area contributed by atoms with Gasteiger partial charge in [-0.05, 0) is 50.8 Å². The summed E-state index contributed by atoms with van der Waals surface area (Å²) in [6.45, 7) is 4.79. The normalized spacial score (nSPS) is 22.1. The molecule has 1 fully saturated rings. The molecule has 21 heavy (non-hydrogen) atoms. The van der Waals surface area contributed by atoms with Crippen molar-refractivity contribution in [2.75, 3.05) is 13.6 Å². The van der Waals surface area contributed by atoms with E-state index in [0.29, 0.717) is 11.6 Å². The Kier molecular flexibility index (Phi) is 5.34. The molecule has 1 aliphatic rings. The predicted molar refractivity (Wildman–Crippen MR) is 83.0 cm³/mol. The van der Waals surface area contributed by atoms with Gasteiger partial charge in [0.1, 0.15) is 5.82 Å². The molecule has 1 aromatic carbocycles. The molecule has 0 atom stereocenters. The zero-order chi connectivity index (χ0) is 15.4. The van der Waals surface area contributed by atoms with E-state index in [1.807, 2.05) is 0 Å². The highest BCUT2D eigenvalue weighted by Gasteiger charge is 2.27. The van der Waals surface area contributed by atoms with Gasteiger partial charge in [-0.25, -0.2) is 4.39 Å². The van der Waals surface area contributed by atoms with E-state index in [2.05, 4.69) is 12.2 Å². The molecule has 1 saturated carbocycles. The van der Waals surface area contributed by atoms with Crippen LogP contribution in [0.5, 0.6) is 0 Å². The predicted octanol–water partition coefficient (Wildman–Crippen LogP) is 3.13. The molecule has 116 valence electrons. The van der Waals surface area contributed by atoms with Crippen LogP contribution in [0.3, 0.4) is 0 Å². The molecular weight excluding hydrogens is 267 g/mol. The SMILES string of the molecule is CCNC1CCC(N(C)C(=O)c2cccc(C)c2F)CC1. The van der Waals surface area contributed by atoms with Crippen LogP contribution in [0.1, 0.15) is 48.5 Å². The smallest absolute Gasteiger partial charge is 0.256 e. The second-order valence-corrected chi connectivity index (χ2v) is 5.92. The minimum atomic E-state index is -0.393. The van der Waals surface area contributed by atoms with Crippen molar-refractivity contribution in [3.05, 3.63) is 35.1 Å². The Morgan fingerprint density at radius 2 is 2.00 bits per heavy atom. The van der Waals surface area contributed by atoms with E-state index in [-0.39, 0.29) is 17.5 Å². The summed E-state index contributed by atoms with van der Waals surface area (Å²) in [4.78, 5) is 14.2. The van der Waals surface area contributed by atoms with Gasteiger partial charge in [0.25, 0.3) is 5.91 Å². The molecule has 0 spiro atoms. The molecule has 0 aromatic heterocycles. The summed E-state index contributed by atoms with van der Waals surface area (Å²) in [5.41, 5.74) is 0.705. The summed E-state index contributed by atoms with van der Waals surface area (Å²) in [5.74, 6) is -0.598. The lowest BCUT2D eigenvalue weighted by Gasteiger charge is -2.35. The molecule has 1 aromatic rings. The van der Waals surface area contributed by atoms with Gasteiger partial charge in [0.15, 0.2) is 0 Å². The van der Waals surface area contributed by atoms with Crippen molar-refractivity contribution in [1.29, 1.82) is 0 Å². The van der Waals surface area contributed by atoms with E-state index in [1.54, 1.807) is 37.1 Å². The van der Waals surface area contributed by atoms with Crippen LogP contribution in [-0.2, 0) is 0 Å². The highest BCUT2D eigenvalue weighted by molar-refractivity contribution is 5.94. The number of carbonyl (C=O) groups excluding carboxylic acids is 1. The van der Waals surface area contributed by atoms with Gasteiger partial charge >= 0.3 is 0 Å². The molecule has 0 heterocycles. The number of nitrogens with one attached hydrogen (secondary N) is 1. The first kappa shape index (κ1) is 16.0. The van der Waals surface area contributed by atoms with Crippen LogP contribution in [0.15, 0.2) is 18.2 Å². The number of amides is 1. The lowest BCUT2D eigenvalue weighted by Crippen LogP contribution is -2.43. The highest BCUT2D eigenvalue weighted by atomic mass is 19.1. The minimum absolute atomic E-state index is 0.186. The van der Waals surface area contributed by atoms with Crippen molar-refractivity contribution >= 4 is 5.91 Å². The first-order chi connectivity index (χ1) is 10.0. The largest absolute Gasteiger partial charge is 0.339 e. The van der Waals surface area contributed by atoms with E-state index in [1.165, 1.54) is 0 Å². The topological polar surface area (TPSA) is 32.3 Å². The molecule has 0 unspecified atom stereocenters. The summed E-state index contributed by atoms with van der Waals surface area (Å²) in [7, 11) is 1.79. The minimum Gasteiger partial charge on any atom is -0.339 e. The number of aryl methyl sites for hydroxylation is 1. The summed E-state index contributed by atoms with van der Waals surface area (Å²) >= 11 is 0. The van der Waals surface area contributed by atoms with Gasteiger partial charge in [0, 0.05) is 19.1 Å². The molecule has 0 radical (unpaired) electrons. The molecule has 0 bridgehead atoms. The average Bonchev–Trinajstić information content (AvgIpc) is 2.50. The Hall–Kier alpha value is -1.42. The van der Waals surface area contributed by atoms with Crippen LogP contribution in [0.25, 0.3) is 0 Å². The van der Waals surface area contributed by atoms with Crippen LogP contribution in [0.2, 0.25) is 0 Å². The number of rotatable bonds is 4. The summed E-state index contributed by atoms with van der Waals surface area (Å²) in [6, 6.07) is 5.78. The zero-order valence-electron chi connectivity index (χ0n) is 13.2. The summed E-state index contributed by atoms with van der Waals surface area (Å²) in [5, 5.41) is 3.46. The quantitative estimate of drug-likeness (QED) is 0.924. The van der Waals surface area contributed by atoms with Crippen molar-refractivity contribution in [2.45, 2.75) is 51.6 Å². The highest BCUT2D eigenvalue weighted by Crippen LogP contribution is 2.24. The van der Waals surface area contributed by atoms with Crippen molar-refractivity contribution < 1.29 is 9.18 Å². The van der Waals surface area contributed by atoms with Gasteiger partial charge in [0.05, 0.1) is 5.56 Å². The molecule has 1 amide bonds. The Balaban J connectivity index is 2.02. The van der Waals surface area contributed by atoms with Gasteiger partial charge in [-0.3, -0.25) is 4.79 Å². The summed E-state index contributed by atoms with van der Waals surface area (Å²) in [6.07, 6.45) is 4.11. The van der Waals surface area contributed by atoms with Gasteiger partial charge in [-0.1, -0.05) is 19.1 Å². The van der Waals surface area contributed by atoms with Crippen LogP contribution < -0.4 is 5.32 Å². The lowest BCUT2D eigenvalue weighted by atomic mass is 9.90. The van der Waals surface area contributed by atoms with Crippen molar-refractivity contribution in [1.82, 2.24) is 10.2 Å². The Labute approximate surface area is 126 Å². The standard InChI is InChI=1S/C17H25FN2O/c1-4-19-13-8-10-14(11-9-13)20(3)17(21)15-7-5-6-12(2)16(15)18/h5-7,13-14,19H,4,8-11H2,1-3H3. The fourth-order valence-electron chi connectivity index (χ4n) is 3.12. The third kappa shape index (κ3) is 3.62. The number of carbonyl (C=O) groups is 1. The number of nitrogens with zero attached hydrogens (tertiary/aromatic N) is 1. The van der Waals surface area contributed by atoms with E-state index >= 15 is 0 Å². The maximum atomic E-state index is 14.1. The molecule has 1 aliphatic carbocycles. The second kappa shape index (κ2) is 7.03. The third-order valence-electron chi connectivity index (χ3n) is 4.48. The van der Waals surface area contributed by atoms with Crippen LogP contribution in [-0.4, -0.2) is 36.5 Å². The van der Waals surface area contributed by atoms with E-state index in [0.717, 1.165) is 32.2 Å². The Morgan fingerprint density at radius 1 is 1.33 bits per heavy atom. The third-order valence-corrected chi connectivity index (χ3v) is 4.48. The van der Waals surface area contributed by atoms with Crippen LogP contribution >= 0.6 is 0 Å². The van der Waals surface area contributed by atoms with E-state index in [9.17, 15) is 9.18 Å². The van der Waals surface area contributed by atoms with Gasteiger partial charge < -0.3 is 10.2 Å². The van der Waals surface area contributed by atoms with Gasteiger partial charge in [-0.2, -0.15) is 0 Å². The van der Waals surface area contributed by atoms with Crippen molar-refractivity contribution in [3.63, 3.8) is 0 Å². The van der Waals surface area contributed by atoms with Crippen LogP contribution in [0, 0.1) is 12.7 Å². The second-order valence-electron chi connectivity index (χ2n) is 5.92. The summed E-state index contributed by atoms with van der Waals surface area (Å²) < 4.78 is 14.1. The van der Waals surface area contributed by atoms with Gasteiger partial charge in [-0.15, -0.1) is 0 Å². The Bertz CT molecular complexity index is 496.